The van der Waals surface area contributed by atoms with Gasteiger partial charge >= 0.3 is 6.03 Å². The van der Waals surface area contributed by atoms with E-state index in [1.807, 2.05) is 0 Å². The highest BCUT2D eigenvalue weighted by atomic mass is 32.2. The van der Waals surface area contributed by atoms with Crippen LogP contribution in [0.3, 0.4) is 0 Å². The SMILES string of the molecule is O=C1CCN(Cc2nnc(SCC(=O)Nc3ccc4c(c3)OCCO4)o2)C(=O)N1. The van der Waals surface area contributed by atoms with Crippen molar-refractivity contribution >= 4 is 35.3 Å². The molecule has 2 aliphatic heterocycles. The number of amides is 4. The van der Waals surface area contributed by atoms with Crippen LogP contribution < -0.4 is 20.1 Å². The molecule has 1 aromatic carbocycles. The molecule has 29 heavy (non-hydrogen) atoms. The van der Waals surface area contributed by atoms with Gasteiger partial charge in [0.15, 0.2) is 11.5 Å². The number of anilines is 1. The zero-order valence-corrected chi connectivity index (χ0v) is 16.0. The van der Waals surface area contributed by atoms with Crippen LogP contribution in [0.4, 0.5) is 10.5 Å². The number of imide groups is 1. The number of thioether (sulfide) groups is 1. The monoisotopic (exact) mass is 419 g/mol. The van der Waals surface area contributed by atoms with Gasteiger partial charge in [-0.25, -0.2) is 4.79 Å². The van der Waals surface area contributed by atoms with Gasteiger partial charge in [0.05, 0.1) is 5.75 Å². The Bertz CT molecular complexity index is 948. The summed E-state index contributed by atoms with van der Waals surface area (Å²) in [5, 5.41) is 12.9. The Morgan fingerprint density at radius 1 is 1.21 bits per heavy atom. The first-order valence-electron chi connectivity index (χ1n) is 8.80. The maximum absolute atomic E-state index is 12.2. The minimum absolute atomic E-state index is 0.0643. The lowest BCUT2D eigenvalue weighted by Crippen LogP contribution is -2.48. The van der Waals surface area contributed by atoms with Crippen molar-refractivity contribution < 1.29 is 28.3 Å². The summed E-state index contributed by atoms with van der Waals surface area (Å²) in [5.74, 6) is 0.969. The molecule has 0 saturated carbocycles. The molecule has 1 saturated heterocycles. The van der Waals surface area contributed by atoms with Crippen LogP contribution in [0, 0.1) is 0 Å². The maximum Gasteiger partial charge on any atom is 0.324 e. The van der Waals surface area contributed by atoms with Crippen LogP contribution in [0.15, 0.2) is 27.8 Å². The summed E-state index contributed by atoms with van der Waals surface area (Å²) >= 11 is 1.08. The fraction of sp³-hybridized carbons (Fsp3) is 0.353. The number of ether oxygens (including phenoxy) is 2. The summed E-state index contributed by atoms with van der Waals surface area (Å²) in [6.07, 6.45) is 0.224. The lowest BCUT2D eigenvalue weighted by atomic mass is 10.2. The van der Waals surface area contributed by atoms with E-state index in [0.717, 1.165) is 11.8 Å². The fourth-order valence-electron chi connectivity index (χ4n) is 2.72. The molecule has 2 aliphatic rings. The third-order valence-electron chi connectivity index (χ3n) is 4.07. The molecule has 0 spiro atoms. The van der Waals surface area contributed by atoms with Gasteiger partial charge in [-0.2, -0.15) is 0 Å². The normalized spacial score (nSPS) is 15.8. The predicted molar refractivity (Wildman–Crippen MR) is 99.6 cm³/mol. The zero-order valence-electron chi connectivity index (χ0n) is 15.2. The summed E-state index contributed by atoms with van der Waals surface area (Å²) in [6, 6.07) is 4.68. The van der Waals surface area contributed by atoms with Gasteiger partial charge in [0.2, 0.25) is 17.7 Å². The molecule has 2 aromatic rings. The van der Waals surface area contributed by atoms with Gasteiger partial charge < -0.3 is 24.1 Å². The van der Waals surface area contributed by atoms with E-state index in [-0.39, 0.29) is 48.2 Å². The van der Waals surface area contributed by atoms with E-state index < -0.39 is 6.03 Å². The number of carbonyl (C=O) groups excluding carboxylic acids is 3. The number of urea groups is 1. The topological polar surface area (TPSA) is 136 Å². The van der Waals surface area contributed by atoms with Gasteiger partial charge in [-0.15, -0.1) is 10.2 Å². The number of hydrogen-bond acceptors (Lipinski definition) is 9. The summed E-state index contributed by atoms with van der Waals surface area (Å²) < 4.78 is 16.4. The van der Waals surface area contributed by atoms with Crippen molar-refractivity contribution in [2.75, 3.05) is 30.8 Å². The highest BCUT2D eigenvalue weighted by molar-refractivity contribution is 7.99. The standard InChI is InChI=1S/C17H17N5O6S/c23-13-3-4-22(16(25)19-13)8-15-20-21-17(28-15)29-9-14(24)18-10-1-2-11-12(7-10)27-6-5-26-11/h1-2,7H,3-6,8-9H2,(H,18,24)(H,19,23,25). The minimum atomic E-state index is -0.493. The third kappa shape index (κ3) is 4.77. The number of hydrogen-bond donors (Lipinski definition) is 2. The number of fused-ring (bicyclic) bond motifs is 1. The van der Waals surface area contributed by atoms with Crippen molar-refractivity contribution in [2.24, 2.45) is 0 Å². The number of benzene rings is 1. The first kappa shape index (κ1) is 19.1. The van der Waals surface area contributed by atoms with Crippen molar-refractivity contribution in [1.82, 2.24) is 20.4 Å². The van der Waals surface area contributed by atoms with Crippen molar-refractivity contribution in [2.45, 2.75) is 18.2 Å². The highest BCUT2D eigenvalue weighted by Crippen LogP contribution is 2.32. The molecule has 2 N–H and O–H groups in total. The van der Waals surface area contributed by atoms with Crippen LogP contribution in [0.2, 0.25) is 0 Å². The van der Waals surface area contributed by atoms with Gasteiger partial charge in [0, 0.05) is 24.7 Å². The third-order valence-corrected chi connectivity index (χ3v) is 4.89. The predicted octanol–water partition coefficient (Wildman–Crippen LogP) is 1.01. The number of nitrogens with zero attached hydrogens (tertiary/aromatic N) is 3. The number of aromatic nitrogens is 2. The molecule has 152 valence electrons. The lowest BCUT2D eigenvalue weighted by molar-refractivity contribution is -0.121. The lowest BCUT2D eigenvalue weighted by Gasteiger charge is -2.24. The van der Waals surface area contributed by atoms with Crippen molar-refractivity contribution in [3.05, 3.63) is 24.1 Å². The van der Waals surface area contributed by atoms with Gasteiger partial charge in [-0.1, -0.05) is 11.8 Å². The Balaban J connectivity index is 1.27. The Labute approximate surface area is 169 Å². The number of nitrogens with one attached hydrogen (secondary N) is 2. The summed E-state index contributed by atoms with van der Waals surface area (Å²) in [5.41, 5.74) is 0.594. The van der Waals surface area contributed by atoms with Gasteiger partial charge in [-0.3, -0.25) is 14.9 Å². The molecular weight excluding hydrogens is 402 g/mol. The van der Waals surface area contributed by atoms with E-state index in [4.69, 9.17) is 13.9 Å². The first-order valence-corrected chi connectivity index (χ1v) is 9.79. The molecule has 0 aliphatic carbocycles. The van der Waals surface area contributed by atoms with E-state index >= 15 is 0 Å². The second-order valence-corrected chi connectivity index (χ2v) is 7.11. The molecule has 12 heteroatoms. The van der Waals surface area contributed by atoms with E-state index in [9.17, 15) is 14.4 Å². The quantitative estimate of drug-likeness (QED) is 0.658. The van der Waals surface area contributed by atoms with Crippen molar-refractivity contribution in [3.63, 3.8) is 0 Å². The van der Waals surface area contributed by atoms with Gasteiger partial charge in [0.25, 0.3) is 5.22 Å². The van der Waals surface area contributed by atoms with Crippen LogP contribution in [0.25, 0.3) is 0 Å². The number of carbonyl (C=O) groups is 3. The zero-order chi connectivity index (χ0) is 20.2. The Morgan fingerprint density at radius 3 is 2.86 bits per heavy atom. The Morgan fingerprint density at radius 2 is 2.03 bits per heavy atom. The molecule has 11 nitrogen and oxygen atoms in total. The first-order chi connectivity index (χ1) is 14.1. The van der Waals surface area contributed by atoms with Crippen molar-refractivity contribution in [3.8, 4) is 11.5 Å². The summed E-state index contributed by atoms with van der Waals surface area (Å²) in [4.78, 5) is 36.5. The molecule has 3 heterocycles. The molecule has 4 amide bonds. The van der Waals surface area contributed by atoms with Crippen LogP contribution in [-0.2, 0) is 16.1 Å². The van der Waals surface area contributed by atoms with E-state index in [1.165, 1.54) is 4.90 Å². The van der Waals surface area contributed by atoms with Crippen molar-refractivity contribution in [1.29, 1.82) is 0 Å². The molecule has 1 aromatic heterocycles. The van der Waals surface area contributed by atoms with Gasteiger partial charge in [-0.05, 0) is 12.1 Å². The van der Waals surface area contributed by atoms with E-state index in [1.54, 1.807) is 18.2 Å². The van der Waals surface area contributed by atoms with Crippen LogP contribution >= 0.6 is 11.8 Å². The molecule has 0 unspecified atom stereocenters. The largest absolute Gasteiger partial charge is 0.486 e. The van der Waals surface area contributed by atoms with E-state index in [2.05, 4.69) is 20.8 Å². The molecule has 0 radical (unpaired) electrons. The Kier molecular flexibility index (Phi) is 5.51. The van der Waals surface area contributed by atoms with Crippen LogP contribution in [-0.4, -0.2) is 58.5 Å². The molecule has 4 rings (SSSR count). The average molecular weight is 419 g/mol. The van der Waals surface area contributed by atoms with Crippen LogP contribution in [0.1, 0.15) is 12.3 Å². The van der Waals surface area contributed by atoms with Gasteiger partial charge in [0.1, 0.15) is 19.8 Å². The number of rotatable bonds is 6. The summed E-state index contributed by atoms with van der Waals surface area (Å²) in [7, 11) is 0. The smallest absolute Gasteiger partial charge is 0.324 e. The Hall–Kier alpha value is -3.28. The molecule has 0 bridgehead atoms. The fourth-order valence-corrected chi connectivity index (χ4v) is 3.30. The van der Waals surface area contributed by atoms with E-state index in [0.29, 0.717) is 30.4 Å². The summed E-state index contributed by atoms with van der Waals surface area (Å²) in [6.45, 7) is 1.35. The van der Waals surface area contributed by atoms with Crippen LogP contribution in [0.5, 0.6) is 11.5 Å². The highest BCUT2D eigenvalue weighted by Gasteiger charge is 2.24. The second kappa shape index (κ2) is 8.39. The maximum atomic E-state index is 12.2. The second-order valence-electron chi connectivity index (χ2n) is 6.18. The minimum Gasteiger partial charge on any atom is -0.486 e. The molecular formula is C17H17N5O6S. The molecule has 1 fully saturated rings. The molecule has 0 atom stereocenters. The average Bonchev–Trinajstić information content (AvgIpc) is 3.16.